The molecule has 9 heavy (non-hydrogen) atoms. The van der Waals surface area contributed by atoms with Gasteiger partial charge in [0.15, 0.2) is 5.58 Å². The van der Waals surface area contributed by atoms with Crippen LogP contribution in [0.15, 0.2) is 29.0 Å². The van der Waals surface area contributed by atoms with Crippen molar-refractivity contribution in [1.29, 1.82) is 0 Å². The summed E-state index contributed by atoms with van der Waals surface area (Å²) in [5.41, 5.74) is 0.814. The maximum Gasteiger partial charge on any atom is 0.152 e. The van der Waals surface area contributed by atoms with Crippen LogP contribution in [0.25, 0.3) is 11.0 Å². The van der Waals surface area contributed by atoms with E-state index in [1.807, 2.05) is 6.07 Å². The van der Waals surface area contributed by atoms with Crippen molar-refractivity contribution in [3.05, 3.63) is 30.8 Å². The van der Waals surface area contributed by atoms with Gasteiger partial charge in [-0.3, -0.25) is 4.98 Å². The fraction of sp³-hybridized carbons (Fsp3) is 0. The highest BCUT2D eigenvalue weighted by Crippen LogP contribution is 2.10. The number of hydrogen-bond acceptors (Lipinski definition) is 2. The molecule has 0 unspecified atom stereocenters. The van der Waals surface area contributed by atoms with E-state index in [0.717, 1.165) is 11.0 Å². The molecule has 0 saturated carbocycles. The normalized spacial score (nSPS) is 10.2. The Morgan fingerprint density at radius 3 is 3.44 bits per heavy atom. The molecule has 2 nitrogen and oxygen atoms in total. The molecule has 2 heteroatoms. The smallest absolute Gasteiger partial charge is 0.152 e. The monoisotopic (exact) mass is 118 g/mol. The van der Waals surface area contributed by atoms with Crippen LogP contribution in [-0.2, 0) is 0 Å². The van der Waals surface area contributed by atoms with Crippen LogP contribution >= 0.6 is 0 Å². The van der Waals surface area contributed by atoms with Crippen molar-refractivity contribution >= 4 is 11.0 Å². The molecular weight excluding hydrogens is 114 g/mol. The van der Waals surface area contributed by atoms with Gasteiger partial charge in [-0.05, 0) is 12.1 Å². The Kier molecular flexibility index (Phi) is 0.803. The van der Waals surface area contributed by atoms with E-state index in [4.69, 9.17) is 4.42 Å². The number of furan rings is 1. The number of rotatable bonds is 0. The van der Waals surface area contributed by atoms with Crippen molar-refractivity contribution in [2.24, 2.45) is 0 Å². The van der Waals surface area contributed by atoms with Crippen molar-refractivity contribution in [2.75, 3.05) is 0 Å². The van der Waals surface area contributed by atoms with Gasteiger partial charge in [0, 0.05) is 5.39 Å². The van der Waals surface area contributed by atoms with Crippen LogP contribution in [0.5, 0.6) is 0 Å². The highest BCUT2D eigenvalue weighted by atomic mass is 16.3. The van der Waals surface area contributed by atoms with E-state index in [1.165, 1.54) is 0 Å². The molecule has 0 saturated heterocycles. The molecule has 0 fully saturated rings. The van der Waals surface area contributed by atoms with Crippen LogP contribution in [0, 0.1) is 6.20 Å². The molecule has 43 valence electrons. The SMILES string of the molecule is [c]1cc2ccoc2cn1. The van der Waals surface area contributed by atoms with Gasteiger partial charge in [0.25, 0.3) is 0 Å². The molecule has 0 N–H and O–H groups in total. The molecule has 0 spiro atoms. The summed E-state index contributed by atoms with van der Waals surface area (Å²) in [6, 6.07) is 3.67. The van der Waals surface area contributed by atoms with Gasteiger partial charge in [-0.2, -0.15) is 0 Å². The Balaban J connectivity index is 2.95. The molecule has 0 atom stereocenters. The second-order valence-corrected chi connectivity index (χ2v) is 1.77. The third-order valence-corrected chi connectivity index (χ3v) is 1.20. The summed E-state index contributed by atoms with van der Waals surface area (Å²) in [5.74, 6) is 0. The summed E-state index contributed by atoms with van der Waals surface area (Å²) in [6.45, 7) is 0. The first kappa shape index (κ1) is 4.56. The highest BCUT2D eigenvalue weighted by molar-refractivity contribution is 5.75. The Morgan fingerprint density at radius 2 is 2.56 bits per heavy atom. The van der Waals surface area contributed by atoms with Crippen molar-refractivity contribution in [3.8, 4) is 0 Å². The largest absolute Gasteiger partial charge is 0.463 e. The lowest BCUT2D eigenvalue weighted by atomic mass is 10.3. The average molecular weight is 118 g/mol. The average Bonchev–Trinajstić information content (AvgIpc) is 2.33. The Bertz CT molecular complexity index is 283. The Hall–Kier alpha value is -1.31. The second-order valence-electron chi connectivity index (χ2n) is 1.77. The minimum absolute atomic E-state index is 0.814. The standard InChI is InChI=1S/C7H4NO/c1-3-8-5-7-6(1)2-4-9-7/h1-2,4-5H. The Morgan fingerprint density at radius 1 is 1.56 bits per heavy atom. The van der Waals surface area contributed by atoms with Gasteiger partial charge in [0.1, 0.15) is 0 Å². The molecule has 0 aromatic carbocycles. The zero-order chi connectivity index (χ0) is 6.10. The lowest BCUT2D eigenvalue weighted by molar-refractivity contribution is 0.614. The van der Waals surface area contributed by atoms with Crippen LogP contribution in [0.3, 0.4) is 0 Å². The molecule has 0 amide bonds. The maximum atomic E-state index is 5.04. The van der Waals surface area contributed by atoms with Gasteiger partial charge in [-0.15, -0.1) is 0 Å². The zero-order valence-electron chi connectivity index (χ0n) is 4.66. The van der Waals surface area contributed by atoms with E-state index in [2.05, 4.69) is 11.2 Å². The maximum absolute atomic E-state index is 5.04. The number of nitrogens with zero attached hydrogens (tertiary/aromatic N) is 1. The molecule has 2 heterocycles. The van der Waals surface area contributed by atoms with Crippen LogP contribution in [-0.4, -0.2) is 4.98 Å². The molecule has 1 radical (unpaired) electrons. The summed E-state index contributed by atoms with van der Waals surface area (Å²) in [7, 11) is 0. The number of hydrogen-bond donors (Lipinski definition) is 0. The van der Waals surface area contributed by atoms with Gasteiger partial charge in [0.2, 0.25) is 0 Å². The van der Waals surface area contributed by atoms with E-state index in [-0.39, 0.29) is 0 Å². The summed E-state index contributed by atoms with van der Waals surface area (Å²) in [6.07, 6.45) is 6.00. The summed E-state index contributed by atoms with van der Waals surface area (Å²) >= 11 is 0. The summed E-state index contributed by atoms with van der Waals surface area (Å²) < 4.78 is 5.04. The minimum atomic E-state index is 0.814. The third kappa shape index (κ3) is 0.598. The molecule has 2 aromatic rings. The van der Waals surface area contributed by atoms with Crippen LogP contribution in [0.2, 0.25) is 0 Å². The first-order valence-electron chi connectivity index (χ1n) is 2.66. The van der Waals surface area contributed by atoms with E-state index >= 15 is 0 Å². The van der Waals surface area contributed by atoms with Gasteiger partial charge in [-0.1, -0.05) is 0 Å². The molecule has 0 aliphatic carbocycles. The van der Waals surface area contributed by atoms with Crippen molar-refractivity contribution in [3.63, 3.8) is 0 Å². The number of fused-ring (bicyclic) bond motifs is 1. The first-order chi connectivity index (χ1) is 4.47. The first-order valence-corrected chi connectivity index (χ1v) is 2.66. The van der Waals surface area contributed by atoms with Gasteiger partial charge >= 0.3 is 0 Å². The van der Waals surface area contributed by atoms with Crippen molar-refractivity contribution in [1.82, 2.24) is 4.98 Å². The van der Waals surface area contributed by atoms with Crippen molar-refractivity contribution in [2.45, 2.75) is 0 Å². The topological polar surface area (TPSA) is 26.0 Å². The lowest BCUT2D eigenvalue weighted by Gasteiger charge is -1.80. The van der Waals surface area contributed by atoms with Crippen LogP contribution in [0.1, 0.15) is 0 Å². The summed E-state index contributed by atoms with van der Waals surface area (Å²) in [5, 5.41) is 1.05. The van der Waals surface area contributed by atoms with E-state index in [1.54, 1.807) is 18.5 Å². The zero-order valence-corrected chi connectivity index (χ0v) is 4.66. The van der Waals surface area contributed by atoms with Crippen LogP contribution < -0.4 is 0 Å². The lowest BCUT2D eigenvalue weighted by Crippen LogP contribution is -1.66. The molecule has 2 rings (SSSR count). The third-order valence-electron chi connectivity index (χ3n) is 1.20. The second kappa shape index (κ2) is 1.58. The summed E-state index contributed by atoms with van der Waals surface area (Å²) in [4.78, 5) is 3.77. The number of pyridine rings is 1. The van der Waals surface area contributed by atoms with E-state index in [0.29, 0.717) is 0 Å². The molecule has 2 aromatic heterocycles. The molecule has 0 bridgehead atoms. The van der Waals surface area contributed by atoms with Gasteiger partial charge in [-0.25, -0.2) is 0 Å². The van der Waals surface area contributed by atoms with Crippen LogP contribution in [0.4, 0.5) is 0 Å². The fourth-order valence-electron chi connectivity index (χ4n) is 0.758. The molecule has 0 aliphatic heterocycles. The predicted octanol–water partition coefficient (Wildman–Crippen LogP) is 1.63. The van der Waals surface area contributed by atoms with Gasteiger partial charge < -0.3 is 4.42 Å². The molecular formula is C7H4NO. The van der Waals surface area contributed by atoms with E-state index in [9.17, 15) is 0 Å². The quantitative estimate of drug-likeness (QED) is 0.525. The fourth-order valence-corrected chi connectivity index (χ4v) is 0.758. The number of aromatic nitrogens is 1. The van der Waals surface area contributed by atoms with Gasteiger partial charge in [0.05, 0.1) is 18.7 Å². The van der Waals surface area contributed by atoms with Crippen molar-refractivity contribution < 1.29 is 4.42 Å². The van der Waals surface area contributed by atoms with E-state index < -0.39 is 0 Å². The minimum Gasteiger partial charge on any atom is -0.463 e. The molecule has 0 aliphatic rings. The highest BCUT2D eigenvalue weighted by Gasteiger charge is 1.91. The Labute approximate surface area is 52.1 Å². The predicted molar refractivity (Wildman–Crippen MR) is 32.8 cm³/mol.